The molecule has 88 valence electrons. The SMILES string of the molecule is FC(Cc1ccc(Br)cc1)C1CCCNC1. The summed E-state index contributed by atoms with van der Waals surface area (Å²) in [5, 5.41) is 3.26. The Labute approximate surface area is 105 Å². The second-order valence-electron chi connectivity index (χ2n) is 4.45. The fraction of sp³-hybridized carbons (Fsp3) is 0.538. The maximum atomic E-state index is 14.0. The molecule has 16 heavy (non-hydrogen) atoms. The zero-order valence-electron chi connectivity index (χ0n) is 9.26. The molecule has 0 saturated carbocycles. The van der Waals surface area contributed by atoms with Crippen molar-refractivity contribution in [3.63, 3.8) is 0 Å². The zero-order chi connectivity index (χ0) is 11.4. The number of piperidine rings is 1. The lowest BCUT2D eigenvalue weighted by Gasteiger charge is -2.25. The van der Waals surface area contributed by atoms with Gasteiger partial charge in [0.1, 0.15) is 6.17 Å². The van der Waals surface area contributed by atoms with Crippen molar-refractivity contribution in [2.24, 2.45) is 5.92 Å². The Morgan fingerprint density at radius 1 is 1.38 bits per heavy atom. The van der Waals surface area contributed by atoms with Crippen molar-refractivity contribution >= 4 is 15.9 Å². The highest BCUT2D eigenvalue weighted by molar-refractivity contribution is 9.10. The molecule has 1 aromatic rings. The van der Waals surface area contributed by atoms with E-state index < -0.39 is 6.17 Å². The minimum absolute atomic E-state index is 0.192. The summed E-state index contributed by atoms with van der Waals surface area (Å²) in [6.45, 7) is 1.87. The first-order valence-corrected chi connectivity index (χ1v) is 6.64. The Morgan fingerprint density at radius 2 is 2.12 bits per heavy atom. The summed E-state index contributed by atoms with van der Waals surface area (Å²) in [5.41, 5.74) is 1.08. The Bertz CT molecular complexity index is 319. The number of halogens is 2. The molecule has 1 aliphatic heterocycles. The van der Waals surface area contributed by atoms with Crippen LogP contribution in [0.25, 0.3) is 0 Å². The average Bonchev–Trinajstić information content (AvgIpc) is 2.33. The van der Waals surface area contributed by atoms with E-state index in [9.17, 15) is 4.39 Å². The van der Waals surface area contributed by atoms with E-state index in [1.54, 1.807) is 0 Å². The number of alkyl halides is 1. The molecule has 1 saturated heterocycles. The standard InChI is InChI=1S/C13H17BrFN/c14-12-5-3-10(4-6-12)8-13(15)11-2-1-7-16-9-11/h3-6,11,13,16H,1-2,7-9H2. The molecule has 0 amide bonds. The van der Waals surface area contributed by atoms with Crippen LogP contribution in [0.1, 0.15) is 18.4 Å². The largest absolute Gasteiger partial charge is 0.316 e. The van der Waals surface area contributed by atoms with Crippen LogP contribution in [0.4, 0.5) is 4.39 Å². The molecule has 1 nitrogen and oxygen atoms in total. The zero-order valence-corrected chi connectivity index (χ0v) is 10.8. The first kappa shape index (κ1) is 12.1. The van der Waals surface area contributed by atoms with Gasteiger partial charge in [-0.2, -0.15) is 0 Å². The van der Waals surface area contributed by atoms with Crippen LogP contribution in [0.5, 0.6) is 0 Å². The summed E-state index contributed by atoms with van der Waals surface area (Å²) in [6, 6.07) is 7.93. The smallest absolute Gasteiger partial charge is 0.108 e. The lowest BCUT2D eigenvalue weighted by molar-refractivity contribution is 0.191. The molecule has 1 N–H and O–H groups in total. The van der Waals surface area contributed by atoms with Gasteiger partial charge in [-0.15, -0.1) is 0 Å². The molecule has 0 aliphatic carbocycles. The number of nitrogens with one attached hydrogen (secondary N) is 1. The molecule has 0 aromatic heterocycles. The molecule has 1 aliphatic rings. The molecular formula is C13H17BrFN. The van der Waals surface area contributed by atoms with Gasteiger partial charge in [0.2, 0.25) is 0 Å². The molecule has 2 unspecified atom stereocenters. The number of rotatable bonds is 3. The minimum Gasteiger partial charge on any atom is -0.316 e. The molecule has 3 heteroatoms. The Morgan fingerprint density at radius 3 is 2.75 bits per heavy atom. The second-order valence-corrected chi connectivity index (χ2v) is 5.37. The van der Waals surface area contributed by atoms with E-state index in [1.807, 2.05) is 24.3 Å². The predicted octanol–water partition coefficient (Wildman–Crippen LogP) is 3.33. The quantitative estimate of drug-likeness (QED) is 0.898. The number of hydrogen-bond acceptors (Lipinski definition) is 1. The van der Waals surface area contributed by atoms with Crippen molar-refractivity contribution in [1.82, 2.24) is 5.32 Å². The summed E-state index contributed by atoms with van der Waals surface area (Å²) in [4.78, 5) is 0. The summed E-state index contributed by atoms with van der Waals surface area (Å²) in [6.07, 6.45) is 1.95. The molecule has 0 radical (unpaired) electrons. The Balaban J connectivity index is 1.90. The van der Waals surface area contributed by atoms with Gasteiger partial charge in [-0.3, -0.25) is 0 Å². The maximum Gasteiger partial charge on any atom is 0.108 e. The van der Waals surface area contributed by atoms with Crippen LogP contribution in [0.2, 0.25) is 0 Å². The van der Waals surface area contributed by atoms with Crippen molar-refractivity contribution in [2.45, 2.75) is 25.4 Å². The van der Waals surface area contributed by atoms with Gasteiger partial charge in [-0.1, -0.05) is 28.1 Å². The van der Waals surface area contributed by atoms with Gasteiger partial charge >= 0.3 is 0 Å². The first-order chi connectivity index (χ1) is 7.75. The van der Waals surface area contributed by atoms with Gasteiger partial charge in [0.25, 0.3) is 0 Å². The molecular weight excluding hydrogens is 269 g/mol. The second kappa shape index (κ2) is 5.78. The molecule has 2 rings (SSSR count). The van der Waals surface area contributed by atoms with E-state index in [0.717, 1.165) is 36.0 Å². The molecule has 0 spiro atoms. The molecule has 1 aromatic carbocycles. The van der Waals surface area contributed by atoms with Crippen molar-refractivity contribution in [2.75, 3.05) is 13.1 Å². The van der Waals surface area contributed by atoms with E-state index in [-0.39, 0.29) is 5.92 Å². The summed E-state index contributed by atoms with van der Waals surface area (Å²) >= 11 is 3.38. The summed E-state index contributed by atoms with van der Waals surface area (Å²) < 4.78 is 15.1. The van der Waals surface area contributed by atoms with Crippen LogP contribution in [0.3, 0.4) is 0 Å². The van der Waals surface area contributed by atoms with Crippen LogP contribution in [0.15, 0.2) is 28.7 Å². The highest BCUT2D eigenvalue weighted by Crippen LogP contribution is 2.21. The third-order valence-electron chi connectivity index (χ3n) is 3.19. The van der Waals surface area contributed by atoms with Gasteiger partial charge in [0.15, 0.2) is 0 Å². The third kappa shape index (κ3) is 3.29. The molecule has 1 fully saturated rings. The lowest BCUT2D eigenvalue weighted by Crippen LogP contribution is -2.35. The average molecular weight is 286 g/mol. The minimum atomic E-state index is -0.714. The summed E-state index contributed by atoms with van der Waals surface area (Å²) in [5.74, 6) is 0.192. The topological polar surface area (TPSA) is 12.0 Å². The van der Waals surface area contributed by atoms with Crippen molar-refractivity contribution in [1.29, 1.82) is 0 Å². The van der Waals surface area contributed by atoms with E-state index in [4.69, 9.17) is 0 Å². The van der Waals surface area contributed by atoms with E-state index >= 15 is 0 Å². The number of benzene rings is 1. The Hall–Kier alpha value is -0.410. The number of hydrogen-bond donors (Lipinski definition) is 1. The highest BCUT2D eigenvalue weighted by atomic mass is 79.9. The van der Waals surface area contributed by atoms with E-state index in [0.29, 0.717) is 6.42 Å². The third-order valence-corrected chi connectivity index (χ3v) is 3.72. The molecule has 2 atom stereocenters. The van der Waals surface area contributed by atoms with Crippen molar-refractivity contribution < 1.29 is 4.39 Å². The van der Waals surface area contributed by atoms with Gasteiger partial charge < -0.3 is 5.32 Å². The van der Waals surface area contributed by atoms with Crippen LogP contribution in [-0.4, -0.2) is 19.3 Å². The van der Waals surface area contributed by atoms with Gasteiger partial charge in [0.05, 0.1) is 0 Å². The lowest BCUT2D eigenvalue weighted by atomic mass is 9.91. The monoisotopic (exact) mass is 285 g/mol. The van der Waals surface area contributed by atoms with Crippen LogP contribution >= 0.6 is 15.9 Å². The Kier molecular flexibility index (Phi) is 4.36. The highest BCUT2D eigenvalue weighted by Gasteiger charge is 2.23. The van der Waals surface area contributed by atoms with Gasteiger partial charge in [-0.05, 0) is 37.1 Å². The van der Waals surface area contributed by atoms with Crippen molar-refractivity contribution in [3.05, 3.63) is 34.3 Å². The van der Waals surface area contributed by atoms with Crippen LogP contribution in [0, 0.1) is 5.92 Å². The fourth-order valence-corrected chi connectivity index (χ4v) is 2.46. The predicted molar refractivity (Wildman–Crippen MR) is 68.3 cm³/mol. The van der Waals surface area contributed by atoms with Crippen LogP contribution in [-0.2, 0) is 6.42 Å². The first-order valence-electron chi connectivity index (χ1n) is 5.85. The maximum absolute atomic E-state index is 14.0. The van der Waals surface area contributed by atoms with Crippen molar-refractivity contribution in [3.8, 4) is 0 Å². The normalized spacial score (nSPS) is 23.0. The van der Waals surface area contributed by atoms with Gasteiger partial charge in [-0.25, -0.2) is 4.39 Å². The van der Waals surface area contributed by atoms with E-state index in [2.05, 4.69) is 21.2 Å². The van der Waals surface area contributed by atoms with Gasteiger partial charge in [0, 0.05) is 23.4 Å². The molecule has 1 heterocycles. The fourth-order valence-electron chi connectivity index (χ4n) is 2.20. The summed E-state index contributed by atoms with van der Waals surface area (Å²) in [7, 11) is 0. The van der Waals surface area contributed by atoms with E-state index in [1.165, 1.54) is 0 Å². The molecule has 0 bridgehead atoms. The van der Waals surface area contributed by atoms with Crippen LogP contribution < -0.4 is 5.32 Å².